The molecule has 4 aromatic rings. The lowest BCUT2D eigenvalue weighted by molar-refractivity contribution is -0.136. The van der Waals surface area contributed by atoms with E-state index >= 15 is 0 Å². The number of halogens is 1. The van der Waals surface area contributed by atoms with Crippen molar-refractivity contribution < 1.29 is 18.7 Å². The second kappa shape index (κ2) is 10.7. The van der Waals surface area contributed by atoms with Gasteiger partial charge in [-0.15, -0.1) is 0 Å². The highest BCUT2D eigenvalue weighted by Gasteiger charge is 2.35. The number of carbonyl (C=O) groups is 1. The lowest BCUT2D eigenvalue weighted by atomic mass is 9.95. The molecule has 5 rings (SSSR count). The molecule has 0 bridgehead atoms. The lowest BCUT2D eigenvalue weighted by Gasteiger charge is -2.25. The topological polar surface area (TPSA) is 83.0 Å². The molecule has 1 atom stereocenters. The highest BCUT2D eigenvalue weighted by atomic mass is 35.5. The Morgan fingerprint density at radius 3 is 2.61 bits per heavy atom. The Morgan fingerprint density at radius 2 is 1.89 bits per heavy atom. The molecule has 0 saturated heterocycles. The number of thiazole rings is 1. The first kappa shape index (κ1) is 26.1. The van der Waals surface area contributed by atoms with Gasteiger partial charge in [0.25, 0.3) is 5.56 Å². The van der Waals surface area contributed by atoms with Gasteiger partial charge in [0.05, 0.1) is 30.0 Å². The molecule has 0 amide bonds. The molecule has 0 saturated carbocycles. The molecule has 7 nitrogen and oxygen atoms in total. The molecule has 2 aromatic heterocycles. The standard InChI is InChI=1S/C28H23ClN2O5S2/c1-15-5-9-19(10-6-15)37-23-12-8-18(36-23)14-22-26(32)31-25(20-13-17(29)7-11-21(20)34-3)24(27(33)35-4)16(2)30-28(31)38-22/h5-14,25H,1-4H3/b22-14-/t25-/m1/s1. The van der Waals surface area contributed by atoms with Gasteiger partial charge in [0, 0.05) is 21.6 Å². The van der Waals surface area contributed by atoms with Gasteiger partial charge in [0.15, 0.2) is 9.89 Å². The normalized spacial score (nSPS) is 15.3. The van der Waals surface area contributed by atoms with Gasteiger partial charge in [-0.25, -0.2) is 9.79 Å². The molecule has 0 aliphatic carbocycles. The summed E-state index contributed by atoms with van der Waals surface area (Å²) in [5, 5.41) is 1.15. The summed E-state index contributed by atoms with van der Waals surface area (Å²) in [5.41, 5.74) is 2.10. The third kappa shape index (κ3) is 4.97. The second-order valence-corrected chi connectivity index (χ2v) is 11.1. The van der Waals surface area contributed by atoms with Crippen molar-refractivity contribution in [2.75, 3.05) is 14.2 Å². The van der Waals surface area contributed by atoms with Crippen LogP contribution >= 0.6 is 34.7 Å². The number of hydrogen-bond acceptors (Lipinski definition) is 8. The first-order valence-electron chi connectivity index (χ1n) is 11.6. The van der Waals surface area contributed by atoms with E-state index in [1.807, 2.05) is 43.3 Å². The van der Waals surface area contributed by atoms with Crippen LogP contribution in [-0.4, -0.2) is 24.8 Å². The molecule has 0 spiro atoms. The Hall–Kier alpha value is -3.53. The fraction of sp³-hybridized carbons (Fsp3) is 0.179. The summed E-state index contributed by atoms with van der Waals surface area (Å²) in [6, 6.07) is 16.1. The van der Waals surface area contributed by atoms with Crippen LogP contribution in [0.2, 0.25) is 5.02 Å². The van der Waals surface area contributed by atoms with Gasteiger partial charge in [0.2, 0.25) is 0 Å². The Balaban J connectivity index is 1.61. The Morgan fingerprint density at radius 1 is 1.13 bits per heavy atom. The van der Waals surface area contributed by atoms with E-state index in [-0.39, 0.29) is 11.1 Å². The molecule has 3 heterocycles. The highest BCUT2D eigenvalue weighted by molar-refractivity contribution is 7.99. The van der Waals surface area contributed by atoms with Crippen molar-refractivity contribution in [3.8, 4) is 5.75 Å². The summed E-state index contributed by atoms with van der Waals surface area (Å²) < 4.78 is 18.5. The van der Waals surface area contributed by atoms with Crippen LogP contribution in [0.1, 0.15) is 29.9 Å². The van der Waals surface area contributed by atoms with Crippen LogP contribution in [0.3, 0.4) is 0 Å². The zero-order valence-corrected chi connectivity index (χ0v) is 23.4. The monoisotopic (exact) mass is 566 g/mol. The van der Waals surface area contributed by atoms with E-state index in [9.17, 15) is 9.59 Å². The minimum absolute atomic E-state index is 0.238. The van der Waals surface area contributed by atoms with Crippen molar-refractivity contribution in [1.82, 2.24) is 4.57 Å². The van der Waals surface area contributed by atoms with Crippen molar-refractivity contribution in [3.05, 3.63) is 107 Å². The molecule has 10 heteroatoms. The van der Waals surface area contributed by atoms with E-state index < -0.39 is 12.0 Å². The number of nitrogens with zero attached hydrogens (tertiary/aromatic N) is 2. The van der Waals surface area contributed by atoms with Gasteiger partial charge in [-0.1, -0.05) is 52.4 Å². The number of carbonyl (C=O) groups excluding carboxylic acids is 1. The molecule has 0 N–H and O–H groups in total. The molecular formula is C28H23ClN2O5S2. The number of hydrogen-bond donors (Lipinski definition) is 0. The van der Waals surface area contributed by atoms with Gasteiger partial charge < -0.3 is 13.9 Å². The quantitative estimate of drug-likeness (QED) is 0.301. The predicted molar refractivity (Wildman–Crippen MR) is 148 cm³/mol. The highest BCUT2D eigenvalue weighted by Crippen LogP contribution is 2.37. The fourth-order valence-electron chi connectivity index (χ4n) is 4.22. The maximum Gasteiger partial charge on any atom is 0.338 e. The number of fused-ring (bicyclic) bond motifs is 1. The maximum absolute atomic E-state index is 13.8. The average Bonchev–Trinajstić information content (AvgIpc) is 3.47. The van der Waals surface area contributed by atoms with Gasteiger partial charge in [-0.3, -0.25) is 9.36 Å². The van der Waals surface area contributed by atoms with E-state index in [4.69, 9.17) is 25.5 Å². The van der Waals surface area contributed by atoms with Crippen molar-refractivity contribution >= 4 is 46.7 Å². The van der Waals surface area contributed by atoms with E-state index in [0.29, 0.717) is 42.2 Å². The number of allylic oxidation sites excluding steroid dienone is 1. The lowest BCUT2D eigenvalue weighted by Crippen LogP contribution is -2.40. The van der Waals surface area contributed by atoms with Crippen molar-refractivity contribution in [1.29, 1.82) is 0 Å². The number of esters is 1. The predicted octanol–water partition coefficient (Wildman–Crippen LogP) is 5.12. The van der Waals surface area contributed by atoms with Gasteiger partial charge in [0.1, 0.15) is 17.6 Å². The average molecular weight is 567 g/mol. The van der Waals surface area contributed by atoms with Gasteiger partial charge in [-0.2, -0.15) is 0 Å². The molecule has 38 heavy (non-hydrogen) atoms. The molecule has 0 radical (unpaired) electrons. The summed E-state index contributed by atoms with van der Waals surface area (Å²) in [7, 11) is 2.82. The smallest absolute Gasteiger partial charge is 0.338 e. The molecule has 194 valence electrons. The van der Waals surface area contributed by atoms with Gasteiger partial charge >= 0.3 is 5.97 Å². The number of aromatic nitrogens is 1. The van der Waals surface area contributed by atoms with Crippen LogP contribution in [0, 0.1) is 6.92 Å². The van der Waals surface area contributed by atoms with E-state index in [1.165, 1.54) is 47.4 Å². The molecule has 0 fully saturated rings. The van der Waals surface area contributed by atoms with E-state index in [1.54, 1.807) is 31.2 Å². The van der Waals surface area contributed by atoms with Crippen LogP contribution in [0.25, 0.3) is 6.08 Å². The third-order valence-corrected chi connectivity index (χ3v) is 8.17. The summed E-state index contributed by atoms with van der Waals surface area (Å²) >= 11 is 9.03. The van der Waals surface area contributed by atoms with Crippen LogP contribution in [0.4, 0.5) is 0 Å². The Kier molecular flexibility index (Phi) is 7.34. The van der Waals surface area contributed by atoms with Crippen LogP contribution in [0.15, 0.2) is 90.1 Å². The second-order valence-electron chi connectivity index (χ2n) is 8.53. The Bertz CT molecular complexity index is 1750. The number of furan rings is 1. The Labute approximate surface area is 231 Å². The van der Waals surface area contributed by atoms with Crippen LogP contribution in [0.5, 0.6) is 5.75 Å². The van der Waals surface area contributed by atoms with Gasteiger partial charge in [-0.05, 0) is 56.3 Å². The molecule has 2 aromatic carbocycles. The van der Waals surface area contributed by atoms with Crippen molar-refractivity contribution in [2.45, 2.75) is 29.9 Å². The number of benzene rings is 2. The first-order chi connectivity index (χ1) is 18.3. The third-order valence-electron chi connectivity index (χ3n) is 6.03. The zero-order valence-electron chi connectivity index (χ0n) is 21.0. The minimum Gasteiger partial charge on any atom is -0.496 e. The van der Waals surface area contributed by atoms with Crippen molar-refractivity contribution in [2.24, 2.45) is 4.99 Å². The maximum atomic E-state index is 13.8. The summed E-state index contributed by atoms with van der Waals surface area (Å²) in [6.07, 6.45) is 1.69. The minimum atomic E-state index is -0.834. The largest absolute Gasteiger partial charge is 0.496 e. The molecule has 1 aliphatic rings. The van der Waals surface area contributed by atoms with E-state index in [0.717, 1.165) is 4.90 Å². The summed E-state index contributed by atoms with van der Waals surface area (Å²) in [6.45, 7) is 3.76. The number of rotatable bonds is 6. The molecule has 0 unspecified atom stereocenters. The number of methoxy groups -OCH3 is 2. The van der Waals surface area contributed by atoms with E-state index in [2.05, 4.69) is 4.99 Å². The zero-order chi connectivity index (χ0) is 27.0. The molecular weight excluding hydrogens is 544 g/mol. The SMILES string of the molecule is COC(=O)C1=C(C)N=c2s/c(=C\c3ccc(Sc4ccc(C)cc4)o3)c(=O)n2[C@@H]1c1cc(Cl)ccc1OC. The summed E-state index contributed by atoms with van der Waals surface area (Å²) in [5.74, 6) is 0.427. The fourth-order valence-corrected chi connectivity index (χ4v) is 6.21. The van der Waals surface area contributed by atoms with Crippen LogP contribution < -0.4 is 19.6 Å². The molecule has 1 aliphatic heterocycles. The first-order valence-corrected chi connectivity index (χ1v) is 13.6. The van der Waals surface area contributed by atoms with Crippen molar-refractivity contribution in [3.63, 3.8) is 0 Å². The summed E-state index contributed by atoms with van der Waals surface area (Å²) in [4.78, 5) is 32.7. The van der Waals surface area contributed by atoms with Crippen LogP contribution in [-0.2, 0) is 9.53 Å². The number of aryl methyl sites for hydroxylation is 1. The number of ether oxygens (including phenoxy) is 2.